The lowest BCUT2D eigenvalue weighted by Gasteiger charge is -2.22. The van der Waals surface area contributed by atoms with Crippen molar-refractivity contribution in [2.45, 2.75) is 12.8 Å². The zero-order valence-corrected chi connectivity index (χ0v) is 11.4. The van der Waals surface area contributed by atoms with Gasteiger partial charge in [-0.3, -0.25) is 4.79 Å². The Labute approximate surface area is 113 Å². The normalized spacial score (nSPS) is 17.6. The van der Waals surface area contributed by atoms with E-state index in [0.717, 1.165) is 10.0 Å². The fourth-order valence-electron chi connectivity index (χ4n) is 1.81. The molecule has 18 heavy (non-hydrogen) atoms. The second-order valence-corrected chi connectivity index (χ2v) is 5.03. The molecule has 1 aliphatic carbocycles. The number of halogens is 1. The molecule has 1 heterocycles. The van der Waals surface area contributed by atoms with E-state index in [9.17, 15) is 4.79 Å². The monoisotopic (exact) mass is 306 g/mol. The molecular weight excluding hydrogens is 296 g/mol. The molecule has 92 valence electrons. The molecule has 0 bridgehead atoms. The first-order valence-corrected chi connectivity index (χ1v) is 6.26. The quantitative estimate of drug-likeness (QED) is 0.636. The molecule has 2 rings (SSSR count). The highest BCUT2D eigenvalue weighted by Crippen LogP contribution is 2.33. The predicted molar refractivity (Wildman–Crippen MR) is 69.2 cm³/mol. The smallest absolute Gasteiger partial charge is 0.224 e. The summed E-state index contributed by atoms with van der Waals surface area (Å²) in [5, 5.41) is 8.68. The van der Waals surface area contributed by atoms with Crippen LogP contribution in [0.25, 0.3) is 0 Å². The highest BCUT2D eigenvalue weighted by atomic mass is 79.9. The van der Waals surface area contributed by atoms with Gasteiger partial charge in [0.05, 0.1) is 24.7 Å². The number of nitrogens with zero attached hydrogens (tertiary/aromatic N) is 2. The molecule has 1 fully saturated rings. The van der Waals surface area contributed by atoms with Crippen LogP contribution in [-0.4, -0.2) is 17.9 Å². The highest BCUT2D eigenvalue weighted by molar-refractivity contribution is 9.10. The molecular formula is C13H11BrN2O2. The number of nitriles is 1. The molecule has 0 spiro atoms. The third-order valence-electron chi connectivity index (χ3n) is 2.81. The van der Waals surface area contributed by atoms with Crippen molar-refractivity contribution < 1.29 is 9.53 Å². The van der Waals surface area contributed by atoms with Crippen LogP contribution in [0.15, 0.2) is 28.4 Å². The van der Waals surface area contributed by atoms with Gasteiger partial charge in [0, 0.05) is 10.7 Å². The third kappa shape index (κ3) is 2.59. The third-order valence-corrected chi connectivity index (χ3v) is 3.25. The molecule has 1 aromatic rings. The van der Waals surface area contributed by atoms with Gasteiger partial charge in [-0.1, -0.05) is 5.57 Å². The minimum absolute atomic E-state index is 0.0616. The number of allylic oxidation sites excluding steroid dienone is 2. The van der Waals surface area contributed by atoms with Crippen LogP contribution >= 0.6 is 15.9 Å². The van der Waals surface area contributed by atoms with Crippen molar-refractivity contribution in [3.63, 3.8) is 0 Å². The number of carbonyl (C=O) groups is 1. The summed E-state index contributed by atoms with van der Waals surface area (Å²) >= 11 is 3.28. The predicted octanol–water partition coefficient (Wildman–Crippen LogP) is 2.90. The first-order valence-electron chi connectivity index (χ1n) is 5.47. The Bertz CT molecular complexity index is 553. The van der Waals surface area contributed by atoms with Gasteiger partial charge in [-0.05, 0) is 40.9 Å². The molecule has 0 aromatic carbocycles. The number of hydrogen-bond donors (Lipinski definition) is 0. The molecule has 1 aliphatic rings. The lowest BCUT2D eigenvalue weighted by Crippen LogP contribution is -2.14. The molecule has 0 amide bonds. The van der Waals surface area contributed by atoms with Gasteiger partial charge < -0.3 is 4.74 Å². The van der Waals surface area contributed by atoms with E-state index in [-0.39, 0.29) is 11.7 Å². The van der Waals surface area contributed by atoms with Crippen LogP contribution < -0.4 is 4.74 Å². The lowest BCUT2D eigenvalue weighted by atomic mass is 9.80. The summed E-state index contributed by atoms with van der Waals surface area (Å²) in [7, 11) is 1.48. The van der Waals surface area contributed by atoms with Crippen LogP contribution in [0.2, 0.25) is 0 Å². The average Bonchev–Trinajstić information content (AvgIpc) is 2.32. The first-order chi connectivity index (χ1) is 8.63. The number of pyridine rings is 1. The van der Waals surface area contributed by atoms with E-state index in [1.807, 2.05) is 0 Å². The van der Waals surface area contributed by atoms with Crippen LogP contribution in [0.1, 0.15) is 23.2 Å². The van der Waals surface area contributed by atoms with Crippen LogP contribution in [0, 0.1) is 17.2 Å². The summed E-state index contributed by atoms with van der Waals surface area (Å²) in [6, 6.07) is 3.87. The number of hydrogen-bond acceptors (Lipinski definition) is 4. The van der Waals surface area contributed by atoms with E-state index in [0.29, 0.717) is 24.3 Å². The Balaban J connectivity index is 2.20. The summed E-state index contributed by atoms with van der Waals surface area (Å²) in [6.45, 7) is 0. The molecule has 1 saturated carbocycles. The van der Waals surface area contributed by atoms with Crippen LogP contribution in [-0.2, 0) is 0 Å². The minimum atomic E-state index is -0.132. The van der Waals surface area contributed by atoms with E-state index >= 15 is 0 Å². The summed E-state index contributed by atoms with van der Waals surface area (Å²) in [4.78, 5) is 16.1. The van der Waals surface area contributed by atoms with Gasteiger partial charge in [0.1, 0.15) is 0 Å². The Morgan fingerprint density at radius 1 is 1.67 bits per heavy atom. The van der Waals surface area contributed by atoms with Crippen molar-refractivity contribution in [3.05, 3.63) is 33.9 Å². The van der Waals surface area contributed by atoms with Crippen molar-refractivity contribution in [1.29, 1.82) is 5.26 Å². The Morgan fingerprint density at radius 3 is 3.00 bits per heavy atom. The first kappa shape index (κ1) is 12.8. The van der Waals surface area contributed by atoms with Crippen molar-refractivity contribution in [1.82, 2.24) is 4.98 Å². The maximum Gasteiger partial charge on any atom is 0.224 e. The maximum absolute atomic E-state index is 12.1. The van der Waals surface area contributed by atoms with Crippen molar-refractivity contribution >= 4 is 21.7 Å². The van der Waals surface area contributed by atoms with E-state index in [1.165, 1.54) is 7.11 Å². The molecule has 1 aromatic heterocycles. The van der Waals surface area contributed by atoms with Gasteiger partial charge in [-0.2, -0.15) is 5.26 Å². The Kier molecular flexibility index (Phi) is 3.78. The molecule has 5 heteroatoms. The van der Waals surface area contributed by atoms with Gasteiger partial charge >= 0.3 is 0 Å². The second-order valence-electron chi connectivity index (χ2n) is 4.11. The Morgan fingerprint density at radius 2 is 2.39 bits per heavy atom. The number of ether oxygens (including phenoxy) is 1. The lowest BCUT2D eigenvalue weighted by molar-refractivity contribution is 0.104. The van der Waals surface area contributed by atoms with Crippen LogP contribution in [0.5, 0.6) is 5.88 Å². The standard InChI is InChI=1S/C13H11BrN2O2/c1-18-13-11(5-10(14)7-16-13)12(17)4-8-2-9(3-8)6-15/h4-5,7,9H,2-3H2,1H3. The van der Waals surface area contributed by atoms with E-state index in [1.54, 1.807) is 18.3 Å². The van der Waals surface area contributed by atoms with E-state index in [4.69, 9.17) is 10.00 Å². The zero-order chi connectivity index (χ0) is 13.1. The van der Waals surface area contributed by atoms with Gasteiger partial charge in [-0.15, -0.1) is 0 Å². The molecule has 0 N–H and O–H groups in total. The summed E-state index contributed by atoms with van der Waals surface area (Å²) in [6.07, 6.45) is 4.54. The largest absolute Gasteiger partial charge is 0.480 e. The zero-order valence-electron chi connectivity index (χ0n) is 9.81. The summed E-state index contributed by atoms with van der Waals surface area (Å²) in [5.41, 5.74) is 1.44. The fraction of sp³-hybridized carbons (Fsp3) is 0.308. The molecule has 0 radical (unpaired) electrons. The number of aromatic nitrogens is 1. The second kappa shape index (κ2) is 5.32. The molecule has 0 aliphatic heterocycles. The summed E-state index contributed by atoms with van der Waals surface area (Å²) < 4.78 is 5.79. The van der Waals surface area contributed by atoms with Gasteiger partial charge in [0.15, 0.2) is 5.78 Å². The summed E-state index contributed by atoms with van der Waals surface area (Å²) in [5.74, 6) is 0.245. The number of rotatable bonds is 3. The number of carbonyl (C=O) groups excluding carboxylic acids is 1. The SMILES string of the molecule is COc1ncc(Br)cc1C(=O)C=C1CC(C#N)C1. The van der Waals surface area contributed by atoms with Gasteiger partial charge in [0.25, 0.3) is 0 Å². The Hall–Kier alpha value is -1.67. The van der Waals surface area contributed by atoms with Crippen LogP contribution in [0.4, 0.5) is 0 Å². The number of methoxy groups -OCH3 is 1. The minimum Gasteiger partial charge on any atom is -0.480 e. The van der Waals surface area contributed by atoms with Crippen molar-refractivity contribution in [3.8, 4) is 11.9 Å². The van der Waals surface area contributed by atoms with E-state index < -0.39 is 0 Å². The number of ketones is 1. The van der Waals surface area contributed by atoms with Gasteiger partial charge in [0.2, 0.25) is 5.88 Å². The average molecular weight is 307 g/mol. The molecule has 0 atom stereocenters. The van der Waals surface area contributed by atoms with E-state index in [2.05, 4.69) is 27.0 Å². The molecule has 0 saturated heterocycles. The van der Waals surface area contributed by atoms with Crippen molar-refractivity contribution in [2.75, 3.05) is 7.11 Å². The highest BCUT2D eigenvalue weighted by Gasteiger charge is 2.24. The molecule has 0 unspecified atom stereocenters. The van der Waals surface area contributed by atoms with Crippen LogP contribution in [0.3, 0.4) is 0 Å². The molecule has 4 nitrogen and oxygen atoms in total. The maximum atomic E-state index is 12.1. The topological polar surface area (TPSA) is 63.0 Å². The fourth-order valence-corrected chi connectivity index (χ4v) is 2.14. The van der Waals surface area contributed by atoms with Crippen molar-refractivity contribution in [2.24, 2.45) is 5.92 Å². The van der Waals surface area contributed by atoms with Gasteiger partial charge in [-0.25, -0.2) is 4.98 Å².